The van der Waals surface area contributed by atoms with E-state index in [9.17, 15) is 0 Å². The van der Waals surface area contributed by atoms with Gasteiger partial charge in [0.05, 0.1) is 11.0 Å². The Balaban J connectivity index is 0.705. The van der Waals surface area contributed by atoms with Crippen LogP contribution in [0.25, 0.3) is 256 Å². The summed E-state index contributed by atoms with van der Waals surface area (Å²) in [6.07, 6.45) is 0. The van der Waals surface area contributed by atoms with Gasteiger partial charge in [-0.2, -0.15) is 0 Å². The van der Waals surface area contributed by atoms with E-state index in [1.807, 2.05) is 0 Å². The minimum atomic E-state index is -0.362. The Morgan fingerprint density at radius 1 is 0.191 bits per heavy atom. The minimum Gasteiger partial charge on any atom is -0.309 e. The highest BCUT2D eigenvalue weighted by Gasteiger charge is 2.40. The fourth-order valence-corrected chi connectivity index (χ4v) is 22.1. The summed E-state index contributed by atoms with van der Waals surface area (Å²) in [5, 5.41) is 41.6. The molecule has 0 N–H and O–H groups in total. The number of nitrogens with zero attached hydrogens (tertiary/aromatic N) is 1. The second-order valence-corrected chi connectivity index (χ2v) is 31.7. The fraction of sp³-hybridized carbons (Fsp3) is 0.0275. The molecule has 0 unspecified atom stereocenters. The number of para-hydroxylation sites is 2. The molecule has 25 aromatic rings. The van der Waals surface area contributed by atoms with Gasteiger partial charge >= 0.3 is 0 Å². The summed E-state index contributed by atoms with van der Waals surface area (Å²) in [6, 6.07) is 132. The van der Waals surface area contributed by atoms with Crippen molar-refractivity contribution in [3.8, 4) is 72.4 Å². The SMILES string of the molecule is CC1(C)c2cc3c4c(-c5ccccc5)c5cc6c7ccccc7c7cccc(c5c(-c5ccccc5)c4c4cccc(c2-c2ccc5c(-c8ccc9c(c8)c8cccc%10c%11c(-c%12ccccc%12)c%12c%13cc%14c%15ccccc%15n(-c%15ccccc%15)c%14c%14cccc(c%12c(-c%12ccccc%12)c%11cc9c8%10)c%13%14)cccc5c21)c34)c76. The highest BCUT2D eigenvalue weighted by Crippen LogP contribution is 2.62. The van der Waals surface area contributed by atoms with Gasteiger partial charge in [-0.15, -0.1) is 0 Å². The Bertz CT molecular complexity index is 8360. The van der Waals surface area contributed by atoms with E-state index in [2.05, 4.69) is 364 Å². The highest BCUT2D eigenvalue weighted by atomic mass is 15.0. The van der Waals surface area contributed by atoms with Gasteiger partial charge in [0.15, 0.2) is 0 Å². The molecule has 0 fully saturated rings. The van der Waals surface area contributed by atoms with E-state index in [1.54, 1.807) is 0 Å². The summed E-state index contributed by atoms with van der Waals surface area (Å²) < 4.78 is 2.50. The lowest BCUT2D eigenvalue weighted by Gasteiger charge is -2.24. The average Bonchev–Trinajstić information content (AvgIpc) is 1.50. The molecular formula is C109H63N. The van der Waals surface area contributed by atoms with Crippen molar-refractivity contribution in [2.24, 2.45) is 0 Å². The van der Waals surface area contributed by atoms with E-state index in [1.165, 1.54) is 261 Å². The number of benzene rings is 20. The van der Waals surface area contributed by atoms with E-state index in [0.29, 0.717) is 0 Å². The van der Waals surface area contributed by atoms with Crippen LogP contribution >= 0.6 is 0 Å². The normalized spacial score (nSPS) is 13.3. The first-order valence-corrected chi connectivity index (χ1v) is 38.8. The van der Waals surface area contributed by atoms with Crippen molar-refractivity contribution in [2.75, 3.05) is 0 Å². The molecule has 504 valence electrons. The largest absolute Gasteiger partial charge is 0.309 e. The molecule has 1 aromatic heterocycles. The van der Waals surface area contributed by atoms with Crippen molar-refractivity contribution in [2.45, 2.75) is 19.3 Å². The molecule has 1 heterocycles. The van der Waals surface area contributed by atoms with E-state index >= 15 is 0 Å². The van der Waals surface area contributed by atoms with Crippen molar-refractivity contribution in [1.29, 1.82) is 0 Å². The predicted octanol–water partition coefficient (Wildman–Crippen LogP) is 30.5. The van der Waals surface area contributed by atoms with Crippen molar-refractivity contribution in [3.05, 3.63) is 357 Å². The zero-order valence-electron chi connectivity index (χ0n) is 60.4. The highest BCUT2D eigenvalue weighted by molar-refractivity contribution is 6.49. The Hall–Kier alpha value is -14.0. The molecule has 0 bridgehead atoms. The third kappa shape index (κ3) is 7.38. The second kappa shape index (κ2) is 21.2. The summed E-state index contributed by atoms with van der Waals surface area (Å²) in [5.41, 5.74) is 21.3. The van der Waals surface area contributed by atoms with Crippen molar-refractivity contribution in [1.82, 2.24) is 4.57 Å². The molecule has 0 saturated carbocycles. The number of hydrogen-bond donors (Lipinski definition) is 0. The van der Waals surface area contributed by atoms with Gasteiger partial charge in [-0.05, 0) is 283 Å². The lowest BCUT2D eigenvalue weighted by molar-refractivity contribution is 0.667. The van der Waals surface area contributed by atoms with Crippen LogP contribution in [0, 0.1) is 0 Å². The quantitative estimate of drug-likeness (QED) is 0.146. The van der Waals surface area contributed by atoms with Crippen molar-refractivity contribution >= 4 is 183 Å². The van der Waals surface area contributed by atoms with E-state index < -0.39 is 0 Å². The first-order valence-electron chi connectivity index (χ1n) is 38.8. The minimum absolute atomic E-state index is 0.362. The molecule has 26 rings (SSSR count). The maximum absolute atomic E-state index is 2.65. The molecule has 0 spiro atoms. The van der Waals surface area contributed by atoms with Crippen LogP contribution in [0.1, 0.15) is 25.0 Å². The topological polar surface area (TPSA) is 4.93 Å². The molecule has 0 aliphatic heterocycles. The molecule has 0 saturated heterocycles. The number of aromatic nitrogens is 1. The molecule has 1 heteroatoms. The van der Waals surface area contributed by atoms with Gasteiger partial charge in [0.2, 0.25) is 0 Å². The van der Waals surface area contributed by atoms with Crippen LogP contribution in [0.4, 0.5) is 0 Å². The Morgan fingerprint density at radius 3 is 1.20 bits per heavy atom. The first kappa shape index (κ1) is 59.2. The van der Waals surface area contributed by atoms with Crippen LogP contribution in [0.3, 0.4) is 0 Å². The zero-order valence-corrected chi connectivity index (χ0v) is 60.4. The molecule has 24 aromatic carbocycles. The van der Waals surface area contributed by atoms with E-state index in [-0.39, 0.29) is 5.41 Å². The van der Waals surface area contributed by atoms with Gasteiger partial charge in [0, 0.05) is 27.3 Å². The molecule has 1 nitrogen and oxygen atoms in total. The van der Waals surface area contributed by atoms with Crippen LogP contribution in [-0.4, -0.2) is 4.57 Å². The molecule has 1 aliphatic rings. The summed E-state index contributed by atoms with van der Waals surface area (Å²) in [7, 11) is 0. The summed E-state index contributed by atoms with van der Waals surface area (Å²) in [6.45, 7) is 5.00. The third-order valence-electron chi connectivity index (χ3n) is 26.2. The van der Waals surface area contributed by atoms with Gasteiger partial charge in [-0.1, -0.05) is 311 Å². The molecule has 1 aliphatic carbocycles. The molecule has 0 amide bonds. The van der Waals surface area contributed by atoms with Gasteiger partial charge in [-0.3, -0.25) is 0 Å². The molecular weight excluding hydrogens is 1320 g/mol. The van der Waals surface area contributed by atoms with Crippen LogP contribution in [0.5, 0.6) is 0 Å². The number of fused-ring (bicyclic) bond motifs is 26. The zero-order chi connectivity index (χ0) is 71.7. The van der Waals surface area contributed by atoms with Crippen LogP contribution in [0.2, 0.25) is 0 Å². The Kier molecular flexibility index (Phi) is 11.4. The van der Waals surface area contributed by atoms with Crippen molar-refractivity contribution in [3.63, 3.8) is 0 Å². The van der Waals surface area contributed by atoms with Crippen LogP contribution in [-0.2, 0) is 5.41 Å². The standard InChI is InChI=1S/C109H63N/c1-109(2)90-59-89-98-75(44-25-47-78(98)104-94(62-31-12-5-13-32-62)101-76-45-23-41-72-67-37-18-19-38-68(67)83(96(72)76)56-87(101)93(105(89)104)61-29-10-4-11-30-61)100(90)80-54-53-69-66(40-22-43-74(69)107(80)109)64-51-52-70-82(55-64)73-42-24-46-77-97(73)84(70)57-86-92(60-27-8-3-9-28-60)103-79-48-26-49-81-99(79)88(106(103)95(102(77)86)63-33-14-6-15-34-63)58-85-71-39-20-21-50-91(71)110(108(81)85)65-35-16-7-17-36-65/h3-59H,1-2H3. The summed E-state index contributed by atoms with van der Waals surface area (Å²) >= 11 is 0. The van der Waals surface area contributed by atoms with Gasteiger partial charge in [0.25, 0.3) is 0 Å². The summed E-state index contributed by atoms with van der Waals surface area (Å²) in [4.78, 5) is 0. The Morgan fingerprint density at radius 2 is 0.591 bits per heavy atom. The average molecular weight is 1390 g/mol. The monoisotopic (exact) mass is 1390 g/mol. The second-order valence-electron chi connectivity index (χ2n) is 31.7. The van der Waals surface area contributed by atoms with Crippen molar-refractivity contribution < 1.29 is 0 Å². The smallest absolute Gasteiger partial charge is 0.0620 e. The summed E-state index contributed by atoms with van der Waals surface area (Å²) in [5.74, 6) is 0. The molecule has 0 atom stereocenters. The maximum Gasteiger partial charge on any atom is 0.0620 e. The van der Waals surface area contributed by atoms with Gasteiger partial charge in [-0.25, -0.2) is 0 Å². The first-order chi connectivity index (χ1) is 54.4. The van der Waals surface area contributed by atoms with Crippen LogP contribution < -0.4 is 0 Å². The maximum atomic E-state index is 2.65. The predicted molar refractivity (Wildman–Crippen MR) is 473 cm³/mol. The number of hydrogen-bond acceptors (Lipinski definition) is 0. The number of rotatable bonds is 6. The van der Waals surface area contributed by atoms with Crippen LogP contribution in [0.15, 0.2) is 346 Å². The van der Waals surface area contributed by atoms with E-state index in [4.69, 9.17) is 0 Å². The third-order valence-corrected chi connectivity index (χ3v) is 26.2. The fourth-order valence-electron chi connectivity index (χ4n) is 22.1. The molecule has 110 heavy (non-hydrogen) atoms. The van der Waals surface area contributed by atoms with E-state index in [0.717, 1.165) is 5.69 Å². The molecule has 0 radical (unpaired) electrons. The Labute approximate surface area is 632 Å². The lowest BCUT2D eigenvalue weighted by atomic mass is 9.79. The van der Waals surface area contributed by atoms with Gasteiger partial charge in [0.1, 0.15) is 0 Å². The van der Waals surface area contributed by atoms with Gasteiger partial charge < -0.3 is 4.57 Å². The lowest BCUT2D eigenvalue weighted by Crippen LogP contribution is -2.15.